The summed E-state index contributed by atoms with van der Waals surface area (Å²) < 4.78 is 12.7. The highest BCUT2D eigenvalue weighted by molar-refractivity contribution is 5.97. The molecule has 4 rings (SSSR count). The third kappa shape index (κ3) is 4.66. The zero-order valence-corrected chi connectivity index (χ0v) is 17.3. The molecule has 2 aromatic rings. The Morgan fingerprint density at radius 3 is 2.52 bits per heavy atom. The second kappa shape index (κ2) is 9.96. The van der Waals surface area contributed by atoms with E-state index in [4.69, 9.17) is 9.47 Å². The lowest BCUT2D eigenvalue weighted by atomic mass is 10.1. The van der Waals surface area contributed by atoms with Crippen LogP contribution in [0.4, 0.5) is 0 Å². The smallest absolute Gasteiger partial charge is 0.256 e. The van der Waals surface area contributed by atoms with Crippen molar-refractivity contribution in [1.29, 1.82) is 0 Å². The maximum Gasteiger partial charge on any atom is 0.256 e. The maximum absolute atomic E-state index is 12.9. The molecule has 0 radical (unpaired) electrons. The van der Waals surface area contributed by atoms with Crippen LogP contribution in [0, 0.1) is 0 Å². The number of aryl methyl sites for hydroxylation is 1. The molecule has 3 N–H and O–H groups in total. The van der Waals surface area contributed by atoms with Gasteiger partial charge < -0.3 is 29.7 Å². The van der Waals surface area contributed by atoms with E-state index in [-0.39, 0.29) is 41.6 Å². The van der Waals surface area contributed by atoms with Crippen molar-refractivity contribution < 1.29 is 19.7 Å². The van der Waals surface area contributed by atoms with Crippen molar-refractivity contribution in [1.82, 2.24) is 14.8 Å². The Balaban J connectivity index is 0.00000150. The molecule has 1 fully saturated rings. The first-order chi connectivity index (χ1) is 13.2. The normalized spacial score (nSPS) is 15.5. The van der Waals surface area contributed by atoms with Gasteiger partial charge in [0.05, 0.1) is 10.9 Å². The molecule has 0 spiro atoms. The molecule has 0 saturated carbocycles. The molecular weight excluding hydrogens is 398 g/mol. The standard InChI is InChI=1S/C20H25N3O4.ClH.H2O/c1-2-23-12-15(20(25)21-6-9-22-7-4-3-5-8-22)19(24)14-10-17-18(11-16(14)23)27-13-26-17;;/h10-12H,2-9,13H2,1H3,(H,21,25);1H;1H2. The number of aromatic nitrogens is 1. The van der Waals surface area contributed by atoms with Gasteiger partial charge in [-0.15, -0.1) is 12.4 Å². The molecule has 0 bridgehead atoms. The summed E-state index contributed by atoms with van der Waals surface area (Å²) in [7, 11) is 0. The Morgan fingerprint density at radius 1 is 1.14 bits per heavy atom. The van der Waals surface area contributed by atoms with Crippen LogP contribution < -0.4 is 20.2 Å². The fourth-order valence-electron chi connectivity index (χ4n) is 3.81. The number of piperidine rings is 1. The molecule has 1 saturated heterocycles. The molecule has 1 aromatic carbocycles. The average Bonchev–Trinajstić information content (AvgIpc) is 3.15. The second-order valence-corrected chi connectivity index (χ2v) is 7.04. The SMILES string of the molecule is CCn1cc(C(=O)NCCN2CCCCC2)c(=O)c2cc3c(cc21)OCO3.Cl.O. The summed E-state index contributed by atoms with van der Waals surface area (Å²) in [6.07, 6.45) is 5.37. The molecule has 0 unspecified atom stereocenters. The fraction of sp³-hybridized carbons (Fsp3) is 0.500. The van der Waals surface area contributed by atoms with Gasteiger partial charge >= 0.3 is 0 Å². The second-order valence-electron chi connectivity index (χ2n) is 7.04. The zero-order valence-electron chi connectivity index (χ0n) is 16.5. The zero-order chi connectivity index (χ0) is 18.8. The van der Waals surface area contributed by atoms with E-state index in [1.54, 1.807) is 18.3 Å². The van der Waals surface area contributed by atoms with Gasteiger partial charge in [-0.1, -0.05) is 6.42 Å². The lowest BCUT2D eigenvalue weighted by Gasteiger charge is -2.26. The Morgan fingerprint density at radius 2 is 1.83 bits per heavy atom. The molecule has 9 heteroatoms. The number of nitrogens with zero attached hydrogens (tertiary/aromatic N) is 2. The van der Waals surface area contributed by atoms with Crippen molar-refractivity contribution in [3.8, 4) is 11.5 Å². The number of rotatable bonds is 5. The molecule has 8 nitrogen and oxygen atoms in total. The van der Waals surface area contributed by atoms with Crippen LogP contribution in [0.3, 0.4) is 0 Å². The Bertz CT molecular complexity index is 924. The molecule has 160 valence electrons. The quantitative estimate of drug-likeness (QED) is 0.782. The summed E-state index contributed by atoms with van der Waals surface area (Å²) in [4.78, 5) is 27.9. The van der Waals surface area contributed by atoms with Crippen molar-refractivity contribution in [2.45, 2.75) is 32.7 Å². The van der Waals surface area contributed by atoms with E-state index >= 15 is 0 Å². The van der Waals surface area contributed by atoms with Gasteiger partial charge in [0.2, 0.25) is 12.2 Å². The predicted molar refractivity (Wildman–Crippen MR) is 113 cm³/mol. The Labute approximate surface area is 175 Å². The largest absolute Gasteiger partial charge is 0.454 e. The number of benzene rings is 1. The summed E-state index contributed by atoms with van der Waals surface area (Å²) in [5, 5.41) is 3.38. The van der Waals surface area contributed by atoms with E-state index in [2.05, 4.69) is 10.2 Å². The van der Waals surface area contributed by atoms with Crippen molar-refractivity contribution >= 4 is 29.2 Å². The molecule has 0 aliphatic carbocycles. The number of nitrogens with one attached hydrogen (secondary N) is 1. The molecule has 29 heavy (non-hydrogen) atoms. The number of ether oxygens (including phenoxy) is 2. The van der Waals surface area contributed by atoms with E-state index in [9.17, 15) is 9.59 Å². The predicted octanol–water partition coefficient (Wildman–Crippen LogP) is 1.56. The van der Waals surface area contributed by atoms with Gasteiger partial charge in [-0.3, -0.25) is 9.59 Å². The molecule has 1 amide bonds. The van der Waals surface area contributed by atoms with Crippen molar-refractivity contribution in [2.24, 2.45) is 0 Å². The number of halogens is 1. The van der Waals surface area contributed by atoms with E-state index in [1.807, 2.05) is 11.5 Å². The number of carbonyl (C=O) groups excluding carboxylic acids is 1. The van der Waals surface area contributed by atoms with Crippen molar-refractivity contribution in [3.63, 3.8) is 0 Å². The highest BCUT2D eigenvalue weighted by Gasteiger charge is 2.20. The number of hydrogen-bond acceptors (Lipinski definition) is 5. The molecule has 1 aromatic heterocycles. The van der Waals surface area contributed by atoms with Gasteiger partial charge in [-0.2, -0.15) is 0 Å². The minimum atomic E-state index is -0.321. The van der Waals surface area contributed by atoms with Gasteiger partial charge in [0, 0.05) is 31.9 Å². The number of fused-ring (bicyclic) bond motifs is 2. The van der Waals surface area contributed by atoms with Gasteiger partial charge in [-0.25, -0.2) is 0 Å². The minimum Gasteiger partial charge on any atom is -0.454 e. The topological polar surface area (TPSA) is 104 Å². The molecule has 0 atom stereocenters. The van der Waals surface area contributed by atoms with Gasteiger partial charge in [0.1, 0.15) is 5.56 Å². The number of pyridine rings is 1. The number of carbonyl (C=O) groups is 1. The minimum absolute atomic E-state index is 0. The van der Waals surface area contributed by atoms with Crippen LogP contribution in [-0.2, 0) is 6.54 Å². The van der Waals surface area contributed by atoms with Gasteiger partial charge in [-0.05, 0) is 38.9 Å². The first-order valence-corrected chi connectivity index (χ1v) is 9.64. The van der Waals surface area contributed by atoms with E-state index in [0.29, 0.717) is 30.0 Å². The van der Waals surface area contributed by atoms with E-state index in [0.717, 1.165) is 25.2 Å². The third-order valence-electron chi connectivity index (χ3n) is 5.32. The van der Waals surface area contributed by atoms with Crippen LogP contribution in [0.5, 0.6) is 11.5 Å². The highest BCUT2D eigenvalue weighted by atomic mass is 35.5. The molecule has 3 heterocycles. The first-order valence-electron chi connectivity index (χ1n) is 9.64. The Hall–Kier alpha value is -2.29. The number of hydrogen-bond donors (Lipinski definition) is 1. The van der Waals surface area contributed by atoms with Gasteiger partial charge in [0.15, 0.2) is 11.5 Å². The summed E-state index contributed by atoms with van der Waals surface area (Å²) >= 11 is 0. The number of likely N-dealkylation sites (tertiary alicyclic amines) is 1. The van der Waals surface area contributed by atoms with Crippen molar-refractivity contribution in [3.05, 3.63) is 34.1 Å². The summed E-state index contributed by atoms with van der Waals surface area (Å²) in [6.45, 7) is 6.31. The summed E-state index contributed by atoms with van der Waals surface area (Å²) in [6, 6.07) is 3.48. The van der Waals surface area contributed by atoms with Crippen LogP contribution in [-0.4, -0.2) is 53.8 Å². The van der Waals surface area contributed by atoms with Crippen LogP contribution in [0.25, 0.3) is 10.9 Å². The van der Waals surface area contributed by atoms with Gasteiger partial charge in [0.25, 0.3) is 5.91 Å². The van der Waals surface area contributed by atoms with Crippen LogP contribution in [0.2, 0.25) is 0 Å². The average molecular weight is 426 g/mol. The molecule has 2 aliphatic rings. The maximum atomic E-state index is 12.9. The first kappa shape index (κ1) is 23.0. The Kier molecular flexibility index (Phi) is 7.89. The fourth-order valence-corrected chi connectivity index (χ4v) is 3.81. The van der Waals surface area contributed by atoms with Crippen LogP contribution in [0.1, 0.15) is 36.5 Å². The number of amides is 1. The summed E-state index contributed by atoms with van der Waals surface area (Å²) in [5.74, 6) is 0.853. The monoisotopic (exact) mass is 425 g/mol. The van der Waals surface area contributed by atoms with Crippen LogP contribution >= 0.6 is 12.4 Å². The van der Waals surface area contributed by atoms with E-state index in [1.165, 1.54) is 19.3 Å². The van der Waals surface area contributed by atoms with Crippen molar-refractivity contribution in [2.75, 3.05) is 33.0 Å². The van der Waals surface area contributed by atoms with Crippen LogP contribution in [0.15, 0.2) is 23.1 Å². The third-order valence-corrected chi connectivity index (χ3v) is 5.32. The van der Waals surface area contributed by atoms with E-state index < -0.39 is 0 Å². The lowest BCUT2D eigenvalue weighted by Crippen LogP contribution is -2.38. The highest BCUT2D eigenvalue weighted by Crippen LogP contribution is 2.35. The molecular formula is C20H28ClN3O5. The summed E-state index contributed by atoms with van der Waals surface area (Å²) in [5.41, 5.74) is 0.641. The lowest BCUT2D eigenvalue weighted by molar-refractivity contribution is 0.0945. The molecule has 2 aliphatic heterocycles.